The van der Waals surface area contributed by atoms with Gasteiger partial charge in [0.1, 0.15) is 5.75 Å². The molecule has 0 aliphatic rings. The molecule has 2 aromatic rings. The number of nitrogens with zero attached hydrogens (tertiary/aromatic N) is 3. The lowest BCUT2D eigenvalue weighted by Gasteiger charge is -2.24. The van der Waals surface area contributed by atoms with Gasteiger partial charge in [0.05, 0.1) is 6.20 Å². The Labute approximate surface area is 131 Å². The van der Waals surface area contributed by atoms with Gasteiger partial charge in [0.15, 0.2) is 6.61 Å². The van der Waals surface area contributed by atoms with Crippen LogP contribution in [0.1, 0.15) is 18.2 Å². The normalized spacial score (nSPS) is 11.8. The quantitative estimate of drug-likeness (QED) is 0.821. The number of likely N-dealkylation sites (N-methyl/N-ethyl adjacent to an activating group) is 1. The highest BCUT2D eigenvalue weighted by Crippen LogP contribution is 2.09. The van der Waals surface area contributed by atoms with Crippen LogP contribution in [0.4, 0.5) is 0 Å². The summed E-state index contributed by atoms with van der Waals surface area (Å²) in [5, 5.41) is 0. The fourth-order valence-corrected chi connectivity index (χ4v) is 2.08. The molecule has 2 rings (SSSR count). The first kappa shape index (κ1) is 15.9. The number of aromatic nitrogens is 2. The molecule has 0 radical (unpaired) electrons. The van der Waals surface area contributed by atoms with E-state index in [9.17, 15) is 4.79 Å². The Kier molecular flexibility index (Phi) is 5.47. The summed E-state index contributed by atoms with van der Waals surface area (Å²) in [4.78, 5) is 22.2. The second-order valence-electron chi connectivity index (χ2n) is 5.36. The van der Waals surface area contributed by atoms with E-state index in [2.05, 4.69) is 9.97 Å². The minimum absolute atomic E-state index is 0.00772. The van der Waals surface area contributed by atoms with Gasteiger partial charge in [0, 0.05) is 37.6 Å². The van der Waals surface area contributed by atoms with E-state index in [1.54, 1.807) is 42.7 Å². The molecular weight excluding hydrogens is 278 g/mol. The fourth-order valence-electron chi connectivity index (χ4n) is 2.08. The van der Waals surface area contributed by atoms with Crippen LogP contribution in [0.5, 0.6) is 5.75 Å². The van der Waals surface area contributed by atoms with E-state index in [0.29, 0.717) is 5.75 Å². The van der Waals surface area contributed by atoms with Crippen LogP contribution in [-0.2, 0) is 11.2 Å². The summed E-state index contributed by atoms with van der Waals surface area (Å²) in [6.45, 7) is 4.05. The summed E-state index contributed by atoms with van der Waals surface area (Å²) < 4.78 is 5.44. The topological polar surface area (TPSA) is 55.3 Å². The minimum atomic E-state index is -0.0657. The third kappa shape index (κ3) is 4.55. The van der Waals surface area contributed by atoms with Crippen LogP contribution in [0.15, 0.2) is 42.9 Å². The largest absolute Gasteiger partial charge is 0.482 e. The zero-order chi connectivity index (χ0) is 15.9. The Bertz CT molecular complexity index is 616. The van der Waals surface area contributed by atoms with Crippen LogP contribution in [-0.4, -0.2) is 40.5 Å². The summed E-state index contributed by atoms with van der Waals surface area (Å²) in [6.07, 6.45) is 5.77. The lowest BCUT2D eigenvalue weighted by Crippen LogP contribution is -2.39. The first-order valence-electron chi connectivity index (χ1n) is 7.26. The van der Waals surface area contributed by atoms with E-state index >= 15 is 0 Å². The molecule has 1 unspecified atom stereocenters. The number of hydrogen-bond acceptors (Lipinski definition) is 4. The molecule has 5 nitrogen and oxygen atoms in total. The van der Waals surface area contributed by atoms with Crippen LogP contribution in [0, 0.1) is 6.92 Å². The first-order chi connectivity index (χ1) is 10.6. The van der Waals surface area contributed by atoms with Crippen LogP contribution >= 0.6 is 0 Å². The zero-order valence-corrected chi connectivity index (χ0v) is 13.2. The Balaban J connectivity index is 1.86. The van der Waals surface area contributed by atoms with Crippen molar-refractivity contribution >= 4 is 5.91 Å². The number of amides is 1. The van der Waals surface area contributed by atoms with Crippen molar-refractivity contribution in [2.24, 2.45) is 0 Å². The van der Waals surface area contributed by atoms with E-state index in [0.717, 1.165) is 12.1 Å². The summed E-state index contributed by atoms with van der Waals surface area (Å²) in [6, 6.07) is 7.61. The standard InChI is InChI=1S/C17H21N3O2/c1-13-6-8-19-15(9-13)10-14(2)20(3)17(21)12-22-16-5-4-7-18-11-16/h4-9,11,14H,10,12H2,1-3H3. The molecule has 0 aromatic carbocycles. The molecule has 116 valence electrons. The predicted molar refractivity (Wildman–Crippen MR) is 84.6 cm³/mol. The van der Waals surface area contributed by atoms with Gasteiger partial charge in [-0.15, -0.1) is 0 Å². The first-order valence-corrected chi connectivity index (χ1v) is 7.26. The van der Waals surface area contributed by atoms with Gasteiger partial charge >= 0.3 is 0 Å². The van der Waals surface area contributed by atoms with Gasteiger partial charge in [-0.1, -0.05) is 0 Å². The maximum absolute atomic E-state index is 12.2. The maximum Gasteiger partial charge on any atom is 0.260 e. The number of ether oxygens (including phenoxy) is 1. The summed E-state index contributed by atoms with van der Waals surface area (Å²) in [5.74, 6) is 0.529. The molecule has 5 heteroatoms. The molecule has 1 atom stereocenters. The highest BCUT2D eigenvalue weighted by Gasteiger charge is 2.17. The van der Waals surface area contributed by atoms with Gasteiger partial charge in [0.2, 0.25) is 0 Å². The highest BCUT2D eigenvalue weighted by atomic mass is 16.5. The van der Waals surface area contributed by atoms with Crippen LogP contribution in [0.25, 0.3) is 0 Å². The molecule has 22 heavy (non-hydrogen) atoms. The minimum Gasteiger partial charge on any atom is -0.482 e. The molecule has 0 N–H and O–H groups in total. The summed E-state index contributed by atoms with van der Waals surface area (Å²) in [5.41, 5.74) is 2.16. The summed E-state index contributed by atoms with van der Waals surface area (Å²) in [7, 11) is 1.79. The highest BCUT2D eigenvalue weighted by molar-refractivity contribution is 5.77. The van der Waals surface area contributed by atoms with Gasteiger partial charge in [-0.3, -0.25) is 14.8 Å². The van der Waals surface area contributed by atoms with Crippen LogP contribution < -0.4 is 4.74 Å². The molecule has 2 heterocycles. The van der Waals surface area contributed by atoms with Crippen LogP contribution in [0.3, 0.4) is 0 Å². The number of pyridine rings is 2. The Hall–Kier alpha value is -2.43. The lowest BCUT2D eigenvalue weighted by atomic mass is 10.1. The van der Waals surface area contributed by atoms with Gasteiger partial charge in [0.25, 0.3) is 5.91 Å². The van der Waals surface area contributed by atoms with E-state index in [-0.39, 0.29) is 18.6 Å². The van der Waals surface area contributed by atoms with Crippen molar-refractivity contribution < 1.29 is 9.53 Å². The Morgan fingerprint density at radius 3 is 2.86 bits per heavy atom. The molecule has 0 bridgehead atoms. The van der Waals surface area contributed by atoms with E-state index in [4.69, 9.17) is 4.74 Å². The third-order valence-electron chi connectivity index (χ3n) is 3.53. The smallest absolute Gasteiger partial charge is 0.260 e. The van der Waals surface area contributed by atoms with E-state index < -0.39 is 0 Å². The van der Waals surface area contributed by atoms with Gasteiger partial charge in [-0.05, 0) is 43.7 Å². The molecule has 0 aliphatic heterocycles. The van der Waals surface area contributed by atoms with Crippen LogP contribution in [0.2, 0.25) is 0 Å². The molecule has 0 saturated heterocycles. The van der Waals surface area contributed by atoms with Gasteiger partial charge in [-0.25, -0.2) is 0 Å². The number of rotatable bonds is 6. The lowest BCUT2D eigenvalue weighted by molar-refractivity contribution is -0.133. The van der Waals surface area contributed by atoms with Crippen molar-refractivity contribution in [3.05, 3.63) is 54.1 Å². The number of carbonyl (C=O) groups is 1. The molecule has 1 amide bonds. The second-order valence-corrected chi connectivity index (χ2v) is 5.36. The van der Waals surface area contributed by atoms with Crippen molar-refractivity contribution in [2.75, 3.05) is 13.7 Å². The Morgan fingerprint density at radius 1 is 1.36 bits per heavy atom. The van der Waals surface area contributed by atoms with Crippen molar-refractivity contribution in [1.29, 1.82) is 0 Å². The molecule has 0 saturated carbocycles. The van der Waals surface area contributed by atoms with Crippen molar-refractivity contribution in [3.8, 4) is 5.75 Å². The zero-order valence-electron chi connectivity index (χ0n) is 13.2. The van der Waals surface area contributed by atoms with Crippen molar-refractivity contribution in [3.63, 3.8) is 0 Å². The average Bonchev–Trinajstić information content (AvgIpc) is 2.53. The average molecular weight is 299 g/mol. The summed E-state index contributed by atoms with van der Waals surface area (Å²) >= 11 is 0. The van der Waals surface area contributed by atoms with E-state index in [1.807, 2.05) is 26.0 Å². The van der Waals surface area contributed by atoms with E-state index in [1.165, 1.54) is 5.56 Å². The van der Waals surface area contributed by atoms with Crippen molar-refractivity contribution in [2.45, 2.75) is 26.3 Å². The third-order valence-corrected chi connectivity index (χ3v) is 3.53. The number of carbonyl (C=O) groups excluding carboxylic acids is 1. The van der Waals surface area contributed by atoms with Crippen molar-refractivity contribution in [1.82, 2.24) is 14.9 Å². The predicted octanol–water partition coefficient (Wildman–Crippen LogP) is 2.25. The molecule has 0 spiro atoms. The van der Waals surface area contributed by atoms with Gasteiger partial charge < -0.3 is 9.64 Å². The second kappa shape index (κ2) is 7.54. The molecular formula is C17H21N3O2. The SMILES string of the molecule is Cc1ccnc(CC(C)N(C)C(=O)COc2cccnc2)c1. The Morgan fingerprint density at radius 2 is 2.18 bits per heavy atom. The number of aryl methyl sites for hydroxylation is 1. The maximum atomic E-state index is 12.2. The fraction of sp³-hybridized carbons (Fsp3) is 0.353. The van der Waals surface area contributed by atoms with Gasteiger partial charge in [-0.2, -0.15) is 0 Å². The number of hydrogen-bond donors (Lipinski definition) is 0. The molecule has 0 aliphatic carbocycles. The molecule has 2 aromatic heterocycles. The molecule has 0 fully saturated rings. The monoisotopic (exact) mass is 299 g/mol.